The monoisotopic (exact) mass is 335 g/mol. The zero-order valence-electron chi connectivity index (χ0n) is 12.1. The molecule has 0 fully saturated rings. The quantitative estimate of drug-likeness (QED) is 0.780. The molecule has 0 aromatic heterocycles. The Kier molecular flexibility index (Phi) is 3.65. The molecule has 3 rings (SSSR count). The molecule has 114 valence electrons. The molecule has 1 aliphatic rings. The molecule has 0 bridgehead atoms. The molecule has 0 aliphatic carbocycles. The topological polar surface area (TPSA) is 61.9 Å². The van der Waals surface area contributed by atoms with E-state index in [0.717, 1.165) is 5.56 Å². The van der Waals surface area contributed by atoms with E-state index in [1.54, 1.807) is 43.3 Å². The number of aliphatic hydroxyl groups is 1. The Morgan fingerprint density at radius 3 is 2.50 bits per heavy atom. The summed E-state index contributed by atoms with van der Waals surface area (Å²) in [5, 5.41) is 13.6. The molecule has 2 aromatic rings. The fraction of sp³-hybridized carbons (Fsp3) is 0.188. The third kappa shape index (κ3) is 2.11. The molecule has 0 saturated carbocycles. The highest BCUT2D eigenvalue weighted by Gasteiger charge is 2.44. The summed E-state index contributed by atoms with van der Waals surface area (Å²) in [7, 11) is 0. The highest BCUT2D eigenvalue weighted by atomic mass is 35.5. The zero-order valence-corrected chi connectivity index (χ0v) is 13.7. The highest BCUT2D eigenvalue weighted by Crippen LogP contribution is 2.45. The standard InChI is InChI=1S/C16H15Cl2N3O/c1-9-7-11(17)8-13-15(9)20-10(2)21(19)16(13,22)12-5-3-4-6-14(12)18/h3-8,22H,19H2,1-2H3. The smallest absolute Gasteiger partial charge is 0.209 e. The Balaban J connectivity index is 2.38. The fourth-order valence-corrected chi connectivity index (χ4v) is 3.29. The number of aliphatic imine (C=N–C) groups is 1. The van der Waals surface area contributed by atoms with Gasteiger partial charge in [-0.2, -0.15) is 0 Å². The second-order valence-corrected chi connectivity index (χ2v) is 6.14. The van der Waals surface area contributed by atoms with E-state index in [1.165, 1.54) is 5.01 Å². The van der Waals surface area contributed by atoms with Gasteiger partial charge >= 0.3 is 0 Å². The first kappa shape index (κ1) is 15.3. The number of nitrogens with zero attached hydrogens (tertiary/aromatic N) is 2. The molecule has 1 unspecified atom stereocenters. The minimum atomic E-state index is -1.63. The Labute approximate surface area is 138 Å². The van der Waals surface area contributed by atoms with Crippen molar-refractivity contribution in [3.05, 3.63) is 63.1 Å². The summed E-state index contributed by atoms with van der Waals surface area (Å²) < 4.78 is 0. The second-order valence-electron chi connectivity index (χ2n) is 5.30. The first-order valence-corrected chi connectivity index (χ1v) is 7.49. The minimum absolute atomic E-state index is 0.415. The molecule has 22 heavy (non-hydrogen) atoms. The Morgan fingerprint density at radius 1 is 1.14 bits per heavy atom. The van der Waals surface area contributed by atoms with Gasteiger partial charge in [-0.25, -0.2) is 10.8 Å². The van der Waals surface area contributed by atoms with E-state index >= 15 is 0 Å². The molecule has 4 nitrogen and oxygen atoms in total. The predicted molar refractivity (Wildman–Crippen MR) is 89.4 cm³/mol. The summed E-state index contributed by atoms with van der Waals surface area (Å²) in [5.74, 6) is 6.61. The third-order valence-electron chi connectivity index (χ3n) is 3.86. The van der Waals surface area contributed by atoms with E-state index in [2.05, 4.69) is 4.99 Å². The number of fused-ring (bicyclic) bond motifs is 1. The van der Waals surface area contributed by atoms with Crippen molar-refractivity contribution in [3.63, 3.8) is 0 Å². The van der Waals surface area contributed by atoms with Crippen LogP contribution in [0.5, 0.6) is 0 Å². The first-order chi connectivity index (χ1) is 10.4. The number of halogens is 2. The van der Waals surface area contributed by atoms with Crippen molar-refractivity contribution < 1.29 is 5.11 Å². The number of aryl methyl sites for hydroxylation is 1. The van der Waals surface area contributed by atoms with Crippen LogP contribution in [0, 0.1) is 6.92 Å². The minimum Gasteiger partial charge on any atom is -0.362 e. The van der Waals surface area contributed by atoms with Crippen LogP contribution in [0.15, 0.2) is 41.4 Å². The van der Waals surface area contributed by atoms with Crippen LogP contribution in [0.3, 0.4) is 0 Å². The van der Waals surface area contributed by atoms with Crippen LogP contribution in [0.25, 0.3) is 0 Å². The van der Waals surface area contributed by atoms with Gasteiger partial charge in [0.2, 0.25) is 5.72 Å². The number of hydrogen-bond acceptors (Lipinski definition) is 4. The molecule has 0 radical (unpaired) electrons. The van der Waals surface area contributed by atoms with Crippen molar-refractivity contribution in [1.29, 1.82) is 0 Å². The van der Waals surface area contributed by atoms with E-state index < -0.39 is 5.72 Å². The first-order valence-electron chi connectivity index (χ1n) is 6.74. The largest absolute Gasteiger partial charge is 0.362 e. The third-order valence-corrected chi connectivity index (χ3v) is 4.41. The van der Waals surface area contributed by atoms with Gasteiger partial charge in [0.05, 0.1) is 5.69 Å². The molecular formula is C16H15Cl2N3O. The lowest BCUT2D eigenvalue weighted by Gasteiger charge is -2.42. The van der Waals surface area contributed by atoms with Crippen molar-refractivity contribution >= 4 is 34.7 Å². The lowest BCUT2D eigenvalue weighted by molar-refractivity contribution is -0.0411. The number of benzene rings is 2. The summed E-state index contributed by atoms with van der Waals surface area (Å²) in [6.45, 7) is 3.62. The maximum Gasteiger partial charge on any atom is 0.209 e. The normalized spacial score (nSPS) is 20.6. The molecule has 1 aliphatic heterocycles. The number of amidine groups is 1. The number of nitrogens with two attached hydrogens (primary N) is 1. The van der Waals surface area contributed by atoms with Gasteiger partial charge in [-0.3, -0.25) is 5.01 Å². The summed E-state index contributed by atoms with van der Waals surface area (Å²) >= 11 is 12.5. The van der Waals surface area contributed by atoms with Gasteiger partial charge in [0, 0.05) is 21.2 Å². The van der Waals surface area contributed by atoms with Gasteiger partial charge in [0.15, 0.2) is 0 Å². The van der Waals surface area contributed by atoms with E-state index in [-0.39, 0.29) is 0 Å². The number of rotatable bonds is 1. The van der Waals surface area contributed by atoms with E-state index in [1.807, 2.05) is 6.92 Å². The summed E-state index contributed by atoms with van der Waals surface area (Å²) in [5.41, 5.74) is 0.885. The van der Waals surface area contributed by atoms with Gasteiger partial charge < -0.3 is 5.11 Å². The molecule has 1 heterocycles. The highest BCUT2D eigenvalue weighted by molar-refractivity contribution is 6.31. The maximum atomic E-state index is 11.4. The SMILES string of the molecule is CC1=Nc2c(C)cc(Cl)cc2C(O)(c2ccccc2Cl)N1N. The maximum absolute atomic E-state index is 11.4. The van der Waals surface area contributed by atoms with Crippen molar-refractivity contribution in [2.75, 3.05) is 0 Å². The van der Waals surface area contributed by atoms with E-state index in [0.29, 0.717) is 32.7 Å². The van der Waals surface area contributed by atoms with Crippen LogP contribution in [-0.2, 0) is 5.72 Å². The summed E-state index contributed by atoms with van der Waals surface area (Å²) in [6.07, 6.45) is 0. The van der Waals surface area contributed by atoms with Crippen molar-refractivity contribution in [1.82, 2.24) is 5.01 Å². The summed E-state index contributed by atoms with van der Waals surface area (Å²) in [6, 6.07) is 10.5. The molecule has 6 heteroatoms. The van der Waals surface area contributed by atoms with Crippen LogP contribution in [0.2, 0.25) is 10.0 Å². The number of hydrazine groups is 1. The summed E-state index contributed by atoms with van der Waals surface area (Å²) in [4.78, 5) is 4.47. The lowest BCUT2D eigenvalue weighted by Crippen LogP contribution is -2.55. The van der Waals surface area contributed by atoms with Gasteiger partial charge in [-0.05, 0) is 37.6 Å². The molecule has 2 aromatic carbocycles. The van der Waals surface area contributed by atoms with Crippen molar-refractivity contribution in [2.24, 2.45) is 10.8 Å². The molecule has 0 saturated heterocycles. The molecular weight excluding hydrogens is 321 g/mol. The van der Waals surface area contributed by atoms with Crippen molar-refractivity contribution in [3.8, 4) is 0 Å². The van der Waals surface area contributed by atoms with Gasteiger partial charge in [0.1, 0.15) is 5.84 Å². The average molecular weight is 336 g/mol. The van der Waals surface area contributed by atoms with Crippen LogP contribution in [0.4, 0.5) is 5.69 Å². The van der Waals surface area contributed by atoms with Crippen LogP contribution >= 0.6 is 23.2 Å². The van der Waals surface area contributed by atoms with E-state index in [4.69, 9.17) is 29.0 Å². The second kappa shape index (κ2) is 5.25. The predicted octanol–water partition coefficient (Wildman–Crippen LogP) is 3.73. The molecule has 0 spiro atoms. The van der Waals surface area contributed by atoms with Gasteiger partial charge in [-0.15, -0.1) is 0 Å². The molecule has 1 atom stereocenters. The van der Waals surface area contributed by atoms with Gasteiger partial charge in [0.25, 0.3) is 0 Å². The zero-order chi connectivity index (χ0) is 16.1. The lowest BCUT2D eigenvalue weighted by atomic mass is 9.89. The Hall–Kier alpha value is -1.59. The number of hydrogen-bond donors (Lipinski definition) is 2. The van der Waals surface area contributed by atoms with Crippen LogP contribution < -0.4 is 5.84 Å². The molecule has 0 amide bonds. The Morgan fingerprint density at radius 2 is 1.82 bits per heavy atom. The fourth-order valence-electron chi connectivity index (χ4n) is 2.75. The average Bonchev–Trinajstić information content (AvgIpc) is 2.47. The Bertz CT molecular complexity index is 791. The van der Waals surface area contributed by atoms with E-state index in [9.17, 15) is 5.11 Å². The van der Waals surface area contributed by atoms with Crippen LogP contribution in [0.1, 0.15) is 23.6 Å². The van der Waals surface area contributed by atoms with Crippen LogP contribution in [-0.4, -0.2) is 16.0 Å². The van der Waals surface area contributed by atoms with Gasteiger partial charge in [-0.1, -0.05) is 41.4 Å². The van der Waals surface area contributed by atoms with Crippen molar-refractivity contribution in [2.45, 2.75) is 19.6 Å². The molecule has 3 N–H and O–H groups in total.